The van der Waals surface area contributed by atoms with Crippen molar-refractivity contribution in [3.63, 3.8) is 0 Å². The van der Waals surface area contributed by atoms with Crippen LogP contribution < -0.4 is 15.4 Å². The Morgan fingerprint density at radius 2 is 1.50 bits per heavy atom. The fourth-order valence-corrected chi connectivity index (χ4v) is 2.71. The van der Waals surface area contributed by atoms with Crippen molar-refractivity contribution in [3.05, 3.63) is 83.4 Å². The zero-order chi connectivity index (χ0) is 19.9. The number of hydrogen-bond donors (Lipinski definition) is 2. The minimum absolute atomic E-state index is 0.328. The highest BCUT2D eigenvalue weighted by atomic mass is 35.5. The molecule has 0 atom stereocenters. The van der Waals surface area contributed by atoms with Gasteiger partial charge in [-0.15, -0.1) is 0 Å². The van der Waals surface area contributed by atoms with E-state index in [-0.39, 0.29) is 6.42 Å². The summed E-state index contributed by atoms with van der Waals surface area (Å²) in [5, 5.41) is 5.94. The maximum absolute atomic E-state index is 12.3. The van der Waals surface area contributed by atoms with E-state index in [2.05, 4.69) is 10.6 Å². The van der Waals surface area contributed by atoms with Crippen LogP contribution in [0.4, 0.5) is 11.4 Å². The monoisotopic (exact) mass is 394 g/mol. The molecule has 3 aromatic carbocycles. The van der Waals surface area contributed by atoms with Gasteiger partial charge in [0.1, 0.15) is 12.2 Å². The molecule has 0 aliphatic carbocycles. The van der Waals surface area contributed by atoms with E-state index in [1.165, 1.54) is 0 Å². The lowest BCUT2D eigenvalue weighted by Crippen LogP contribution is -2.22. The summed E-state index contributed by atoms with van der Waals surface area (Å²) < 4.78 is 5.81. The van der Waals surface area contributed by atoms with Gasteiger partial charge in [0.25, 0.3) is 0 Å². The number of para-hydroxylation sites is 3. The molecule has 0 saturated heterocycles. The number of carbonyl (C=O) groups is 2. The Morgan fingerprint density at radius 1 is 0.857 bits per heavy atom. The summed E-state index contributed by atoms with van der Waals surface area (Å²) in [7, 11) is 0. The van der Waals surface area contributed by atoms with E-state index in [0.29, 0.717) is 27.9 Å². The minimum Gasteiger partial charge on any atom is -0.455 e. The van der Waals surface area contributed by atoms with Crippen molar-refractivity contribution in [1.82, 2.24) is 0 Å². The predicted octanol–water partition coefficient (Wildman–Crippen LogP) is 5.41. The van der Waals surface area contributed by atoms with Crippen molar-refractivity contribution in [3.8, 4) is 11.5 Å². The van der Waals surface area contributed by atoms with Crippen LogP contribution in [0.2, 0.25) is 5.02 Å². The fraction of sp³-hybridized carbons (Fsp3) is 0.0909. The number of anilines is 2. The van der Waals surface area contributed by atoms with E-state index < -0.39 is 11.8 Å². The van der Waals surface area contributed by atoms with Crippen LogP contribution in [-0.4, -0.2) is 11.8 Å². The molecule has 0 unspecified atom stereocenters. The van der Waals surface area contributed by atoms with Gasteiger partial charge in [0.2, 0.25) is 11.8 Å². The molecule has 2 amide bonds. The van der Waals surface area contributed by atoms with Crippen molar-refractivity contribution in [2.75, 3.05) is 10.6 Å². The fourth-order valence-electron chi connectivity index (χ4n) is 2.54. The Labute approximate surface area is 168 Å². The summed E-state index contributed by atoms with van der Waals surface area (Å²) >= 11 is 5.95. The first-order chi connectivity index (χ1) is 13.5. The molecule has 6 heteroatoms. The first kappa shape index (κ1) is 19.5. The molecular formula is C22H19ClN2O3. The molecule has 0 aliphatic rings. The van der Waals surface area contributed by atoms with Crippen LogP contribution in [0, 0.1) is 6.92 Å². The molecule has 142 valence electrons. The van der Waals surface area contributed by atoms with Crippen molar-refractivity contribution >= 4 is 34.8 Å². The first-order valence-electron chi connectivity index (χ1n) is 8.69. The number of carbonyl (C=O) groups excluding carboxylic acids is 2. The second-order valence-corrected chi connectivity index (χ2v) is 6.58. The number of aryl methyl sites for hydroxylation is 1. The molecule has 0 radical (unpaired) electrons. The summed E-state index contributed by atoms with van der Waals surface area (Å²) in [6.45, 7) is 1.85. The number of ether oxygens (including phenoxy) is 1. The lowest BCUT2D eigenvalue weighted by atomic mass is 10.2. The molecule has 0 aliphatic heterocycles. The van der Waals surface area contributed by atoms with Crippen molar-refractivity contribution in [2.24, 2.45) is 0 Å². The Hall–Kier alpha value is -3.31. The molecule has 3 aromatic rings. The van der Waals surface area contributed by atoms with E-state index in [4.69, 9.17) is 16.3 Å². The molecule has 2 N–H and O–H groups in total. The number of halogens is 1. The van der Waals surface area contributed by atoms with Gasteiger partial charge in [-0.1, -0.05) is 48.0 Å². The normalized spacial score (nSPS) is 10.2. The standard InChI is InChI=1S/C22H19ClN2O3/c1-15-11-12-16(23)13-19(15)25-22(27)14-21(26)24-18-9-5-6-10-20(18)28-17-7-3-2-4-8-17/h2-13H,14H2,1H3,(H,24,26)(H,25,27). The average molecular weight is 395 g/mol. The van der Waals surface area contributed by atoms with Crippen LogP contribution in [0.3, 0.4) is 0 Å². The summed E-state index contributed by atoms with van der Waals surface area (Å²) in [6, 6.07) is 21.5. The van der Waals surface area contributed by atoms with Gasteiger partial charge in [0, 0.05) is 10.7 Å². The SMILES string of the molecule is Cc1ccc(Cl)cc1NC(=O)CC(=O)Nc1ccccc1Oc1ccccc1. The Kier molecular flexibility index (Phi) is 6.29. The summed E-state index contributed by atoms with van der Waals surface area (Å²) in [6.07, 6.45) is -0.328. The molecule has 0 aromatic heterocycles. The van der Waals surface area contributed by atoms with Crippen molar-refractivity contribution < 1.29 is 14.3 Å². The number of amides is 2. The molecule has 3 rings (SSSR count). The Morgan fingerprint density at radius 3 is 2.25 bits per heavy atom. The molecule has 5 nitrogen and oxygen atoms in total. The maximum atomic E-state index is 12.3. The van der Waals surface area contributed by atoms with Gasteiger partial charge in [-0.05, 0) is 48.9 Å². The molecule has 0 saturated carbocycles. The van der Waals surface area contributed by atoms with E-state index >= 15 is 0 Å². The second kappa shape index (κ2) is 9.06. The quantitative estimate of drug-likeness (QED) is 0.549. The molecule has 0 spiro atoms. The zero-order valence-corrected chi connectivity index (χ0v) is 16.0. The van der Waals surface area contributed by atoms with Crippen LogP contribution in [0.1, 0.15) is 12.0 Å². The van der Waals surface area contributed by atoms with E-state index in [0.717, 1.165) is 5.56 Å². The highest BCUT2D eigenvalue weighted by molar-refractivity contribution is 6.31. The van der Waals surface area contributed by atoms with E-state index in [9.17, 15) is 9.59 Å². The Balaban J connectivity index is 1.63. The number of rotatable bonds is 6. The molecule has 0 fully saturated rings. The number of hydrogen-bond acceptors (Lipinski definition) is 3. The van der Waals surface area contributed by atoms with Crippen LogP contribution in [0.5, 0.6) is 11.5 Å². The second-order valence-electron chi connectivity index (χ2n) is 6.14. The third kappa shape index (κ3) is 5.34. The van der Waals surface area contributed by atoms with Crippen molar-refractivity contribution in [1.29, 1.82) is 0 Å². The molecular weight excluding hydrogens is 376 g/mol. The third-order valence-corrected chi connectivity index (χ3v) is 4.16. The van der Waals surface area contributed by atoms with Crippen LogP contribution >= 0.6 is 11.6 Å². The topological polar surface area (TPSA) is 67.4 Å². The maximum Gasteiger partial charge on any atom is 0.233 e. The van der Waals surface area contributed by atoms with Gasteiger partial charge < -0.3 is 15.4 Å². The summed E-state index contributed by atoms with van der Waals surface area (Å²) in [4.78, 5) is 24.5. The summed E-state index contributed by atoms with van der Waals surface area (Å²) in [5.74, 6) is 0.275. The van der Waals surface area contributed by atoms with Gasteiger partial charge >= 0.3 is 0 Å². The van der Waals surface area contributed by atoms with Gasteiger partial charge in [-0.3, -0.25) is 9.59 Å². The lowest BCUT2D eigenvalue weighted by molar-refractivity contribution is -0.123. The highest BCUT2D eigenvalue weighted by Crippen LogP contribution is 2.29. The van der Waals surface area contributed by atoms with E-state index in [1.54, 1.807) is 36.4 Å². The molecule has 0 heterocycles. The lowest BCUT2D eigenvalue weighted by Gasteiger charge is -2.12. The van der Waals surface area contributed by atoms with Crippen LogP contribution in [0.15, 0.2) is 72.8 Å². The van der Waals surface area contributed by atoms with Gasteiger partial charge in [0.05, 0.1) is 5.69 Å². The minimum atomic E-state index is -0.443. The first-order valence-corrected chi connectivity index (χ1v) is 9.07. The van der Waals surface area contributed by atoms with Gasteiger partial charge in [0.15, 0.2) is 5.75 Å². The average Bonchev–Trinajstić information content (AvgIpc) is 2.67. The van der Waals surface area contributed by atoms with Crippen LogP contribution in [0.25, 0.3) is 0 Å². The smallest absolute Gasteiger partial charge is 0.233 e. The highest BCUT2D eigenvalue weighted by Gasteiger charge is 2.13. The largest absolute Gasteiger partial charge is 0.455 e. The molecule has 28 heavy (non-hydrogen) atoms. The summed E-state index contributed by atoms with van der Waals surface area (Å²) in [5.41, 5.74) is 1.93. The van der Waals surface area contributed by atoms with Crippen molar-refractivity contribution in [2.45, 2.75) is 13.3 Å². The van der Waals surface area contributed by atoms with E-state index in [1.807, 2.05) is 43.3 Å². The number of benzene rings is 3. The molecule has 0 bridgehead atoms. The van der Waals surface area contributed by atoms with Gasteiger partial charge in [-0.2, -0.15) is 0 Å². The number of nitrogens with one attached hydrogen (secondary N) is 2. The van der Waals surface area contributed by atoms with Crippen LogP contribution in [-0.2, 0) is 9.59 Å². The zero-order valence-electron chi connectivity index (χ0n) is 15.2. The Bertz CT molecular complexity index is 990. The predicted molar refractivity (Wildman–Crippen MR) is 111 cm³/mol. The van der Waals surface area contributed by atoms with Gasteiger partial charge in [-0.25, -0.2) is 0 Å². The third-order valence-electron chi connectivity index (χ3n) is 3.93.